The summed E-state index contributed by atoms with van der Waals surface area (Å²) in [5.41, 5.74) is 1.02. The zero-order valence-corrected chi connectivity index (χ0v) is 9.01. The van der Waals surface area contributed by atoms with E-state index in [1.165, 1.54) is 6.92 Å². The van der Waals surface area contributed by atoms with Gasteiger partial charge < -0.3 is 14.4 Å². The molecule has 0 spiro atoms. The Labute approximate surface area is 93.1 Å². The fourth-order valence-electron chi connectivity index (χ4n) is 1.67. The van der Waals surface area contributed by atoms with Crippen LogP contribution in [0.25, 0.3) is 10.9 Å². The van der Waals surface area contributed by atoms with Gasteiger partial charge in [0.1, 0.15) is 12.4 Å². The second kappa shape index (κ2) is 4.26. The van der Waals surface area contributed by atoms with Gasteiger partial charge in [0.25, 0.3) is 0 Å². The molecule has 1 aromatic carbocycles. The summed E-state index contributed by atoms with van der Waals surface area (Å²) in [6, 6.07) is 7.11. The van der Waals surface area contributed by atoms with E-state index in [2.05, 4.69) is 0 Å². The predicted octanol–water partition coefficient (Wildman–Crippen LogP) is 1.91. The molecule has 0 saturated heterocycles. The van der Waals surface area contributed by atoms with E-state index in [1.807, 2.05) is 22.9 Å². The molecule has 0 aliphatic rings. The maximum Gasteiger partial charge on any atom is 0.302 e. The van der Waals surface area contributed by atoms with Gasteiger partial charge in [-0.15, -0.1) is 0 Å². The van der Waals surface area contributed by atoms with E-state index < -0.39 is 0 Å². The minimum atomic E-state index is -0.269. The normalized spacial score (nSPS) is 10.6. The lowest BCUT2D eigenvalue weighted by Crippen LogP contribution is -2.07. The topological polar surface area (TPSA) is 51.5 Å². The highest BCUT2D eigenvalue weighted by molar-refractivity contribution is 5.81. The fraction of sp³-hybridized carbons (Fsp3) is 0.250. The molecule has 4 nitrogen and oxygen atoms in total. The monoisotopic (exact) mass is 219 g/mol. The molecule has 0 fully saturated rings. The first-order valence-electron chi connectivity index (χ1n) is 5.08. The van der Waals surface area contributed by atoms with E-state index in [0.717, 1.165) is 10.9 Å². The summed E-state index contributed by atoms with van der Waals surface area (Å²) in [6.45, 7) is 2.37. The standard InChI is InChI=1S/C12H13NO3/c1-9(14)16-7-6-13-5-4-10-8-11(15)2-3-12(10)13/h2-5,8,15H,6-7H2,1H3. The molecule has 1 aromatic heterocycles. The lowest BCUT2D eigenvalue weighted by molar-refractivity contribution is -0.141. The summed E-state index contributed by atoms with van der Waals surface area (Å²) < 4.78 is 6.86. The lowest BCUT2D eigenvalue weighted by atomic mass is 10.2. The van der Waals surface area contributed by atoms with Crippen molar-refractivity contribution in [1.29, 1.82) is 0 Å². The van der Waals surface area contributed by atoms with Crippen LogP contribution in [0.2, 0.25) is 0 Å². The molecular weight excluding hydrogens is 206 g/mol. The van der Waals surface area contributed by atoms with Crippen molar-refractivity contribution >= 4 is 16.9 Å². The Hall–Kier alpha value is -1.97. The van der Waals surface area contributed by atoms with Gasteiger partial charge in [0, 0.05) is 24.0 Å². The van der Waals surface area contributed by atoms with Gasteiger partial charge in [0.05, 0.1) is 6.54 Å². The number of carbonyl (C=O) groups excluding carboxylic acids is 1. The van der Waals surface area contributed by atoms with Gasteiger partial charge in [-0.25, -0.2) is 0 Å². The molecule has 0 atom stereocenters. The minimum absolute atomic E-state index is 0.255. The number of fused-ring (bicyclic) bond motifs is 1. The van der Waals surface area contributed by atoms with Gasteiger partial charge in [-0.05, 0) is 24.3 Å². The van der Waals surface area contributed by atoms with Crippen LogP contribution < -0.4 is 0 Å². The molecule has 1 N–H and O–H groups in total. The van der Waals surface area contributed by atoms with Gasteiger partial charge in [-0.2, -0.15) is 0 Å². The van der Waals surface area contributed by atoms with Crippen LogP contribution >= 0.6 is 0 Å². The van der Waals surface area contributed by atoms with Crippen molar-refractivity contribution in [2.75, 3.05) is 6.61 Å². The highest BCUT2D eigenvalue weighted by atomic mass is 16.5. The number of aromatic nitrogens is 1. The maximum absolute atomic E-state index is 10.6. The van der Waals surface area contributed by atoms with E-state index >= 15 is 0 Å². The average Bonchev–Trinajstić information content (AvgIpc) is 2.60. The number of hydrogen-bond donors (Lipinski definition) is 1. The summed E-state index contributed by atoms with van der Waals surface area (Å²) in [4.78, 5) is 10.6. The molecule has 84 valence electrons. The first kappa shape index (κ1) is 10.5. The van der Waals surface area contributed by atoms with Crippen LogP contribution in [0.5, 0.6) is 5.75 Å². The highest BCUT2D eigenvalue weighted by Crippen LogP contribution is 2.20. The molecule has 0 amide bonds. The zero-order chi connectivity index (χ0) is 11.5. The van der Waals surface area contributed by atoms with Crippen LogP contribution in [-0.4, -0.2) is 22.2 Å². The lowest BCUT2D eigenvalue weighted by Gasteiger charge is -2.05. The summed E-state index contributed by atoms with van der Waals surface area (Å²) in [5.74, 6) is -0.0145. The number of aromatic hydroxyl groups is 1. The molecule has 0 aliphatic carbocycles. The van der Waals surface area contributed by atoms with Crippen LogP contribution in [0, 0.1) is 0 Å². The number of rotatable bonds is 3. The van der Waals surface area contributed by atoms with Crippen molar-refractivity contribution in [3.05, 3.63) is 30.5 Å². The molecule has 2 rings (SSSR count). The molecule has 0 bridgehead atoms. The number of hydrogen-bond acceptors (Lipinski definition) is 3. The highest BCUT2D eigenvalue weighted by Gasteiger charge is 2.02. The third kappa shape index (κ3) is 2.16. The smallest absolute Gasteiger partial charge is 0.302 e. The van der Waals surface area contributed by atoms with Crippen molar-refractivity contribution in [1.82, 2.24) is 4.57 Å². The third-order valence-electron chi connectivity index (χ3n) is 2.39. The number of carbonyl (C=O) groups is 1. The summed E-state index contributed by atoms with van der Waals surface area (Å²) >= 11 is 0. The first-order chi connectivity index (χ1) is 7.66. The minimum Gasteiger partial charge on any atom is -0.508 e. The zero-order valence-electron chi connectivity index (χ0n) is 9.01. The van der Waals surface area contributed by atoms with Crippen LogP contribution in [0.15, 0.2) is 30.5 Å². The van der Waals surface area contributed by atoms with E-state index in [0.29, 0.717) is 13.2 Å². The largest absolute Gasteiger partial charge is 0.508 e. The van der Waals surface area contributed by atoms with Gasteiger partial charge in [0.15, 0.2) is 0 Å². The van der Waals surface area contributed by atoms with Crippen LogP contribution in [0.3, 0.4) is 0 Å². The van der Waals surface area contributed by atoms with E-state index in [-0.39, 0.29) is 11.7 Å². The van der Waals surface area contributed by atoms with Gasteiger partial charge >= 0.3 is 5.97 Å². The molecule has 4 heteroatoms. The molecule has 0 radical (unpaired) electrons. The van der Waals surface area contributed by atoms with E-state index in [1.54, 1.807) is 12.1 Å². The Morgan fingerprint density at radius 3 is 3.00 bits per heavy atom. The molecule has 0 unspecified atom stereocenters. The molecule has 1 heterocycles. The van der Waals surface area contributed by atoms with Gasteiger partial charge in [-0.3, -0.25) is 4.79 Å². The first-order valence-corrected chi connectivity index (χ1v) is 5.08. The van der Waals surface area contributed by atoms with Crippen molar-refractivity contribution in [2.24, 2.45) is 0 Å². The molecule has 2 aromatic rings. The SMILES string of the molecule is CC(=O)OCCn1ccc2cc(O)ccc21. The predicted molar refractivity (Wildman–Crippen MR) is 60.2 cm³/mol. The van der Waals surface area contributed by atoms with Crippen LogP contribution in [0.4, 0.5) is 0 Å². The summed E-state index contributed by atoms with van der Waals surface area (Å²) in [7, 11) is 0. The quantitative estimate of drug-likeness (QED) is 0.802. The second-order valence-electron chi connectivity index (χ2n) is 3.59. The van der Waals surface area contributed by atoms with E-state index in [9.17, 15) is 9.90 Å². The Kier molecular flexibility index (Phi) is 2.81. The van der Waals surface area contributed by atoms with Gasteiger partial charge in [0.2, 0.25) is 0 Å². The van der Waals surface area contributed by atoms with Gasteiger partial charge in [-0.1, -0.05) is 0 Å². The van der Waals surface area contributed by atoms with Crippen molar-refractivity contribution in [3.8, 4) is 5.75 Å². The van der Waals surface area contributed by atoms with Crippen molar-refractivity contribution in [2.45, 2.75) is 13.5 Å². The summed E-state index contributed by atoms with van der Waals surface area (Å²) in [5, 5.41) is 10.3. The summed E-state index contributed by atoms with van der Waals surface area (Å²) in [6.07, 6.45) is 1.91. The number of phenolic OH excluding ortho intramolecular Hbond substituents is 1. The molecular formula is C12H13NO3. The Bertz CT molecular complexity index is 516. The molecule has 0 saturated carbocycles. The number of ether oxygens (including phenoxy) is 1. The maximum atomic E-state index is 10.6. The number of phenols is 1. The Balaban J connectivity index is 2.15. The number of esters is 1. The average molecular weight is 219 g/mol. The van der Waals surface area contributed by atoms with Crippen molar-refractivity contribution < 1.29 is 14.6 Å². The molecule has 0 aliphatic heterocycles. The number of nitrogens with zero attached hydrogens (tertiary/aromatic N) is 1. The second-order valence-corrected chi connectivity index (χ2v) is 3.59. The number of benzene rings is 1. The third-order valence-corrected chi connectivity index (χ3v) is 2.39. The fourth-order valence-corrected chi connectivity index (χ4v) is 1.67. The van der Waals surface area contributed by atoms with Crippen LogP contribution in [-0.2, 0) is 16.1 Å². The van der Waals surface area contributed by atoms with Crippen molar-refractivity contribution in [3.63, 3.8) is 0 Å². The molecule has 16 heavy (non-hydrogen) atoms. The van der Waals surface area contributed by atoms with Crippen LogP contribution in [0.1, 0.15) is 6.92 Å². The Morgan fingerprint density at radius 1 is 1.44 bits per heavy atom. The van der Waals surface area contributed by atoms with E-state index in [4.69, 9.17) is 4.74 Å². The Morgan fingerprint density at radius 2 is 2.25 bits per heavy atom.